The predicted molar refractivity (Wildman–Crippen MR) is 71.0 cm³/mol. The summed E-state index contributed by atoms with van der Waals surface area (Å²) in [5.74, 6) is 0.698. The lowest BCUT2D eigenvalue weighted by molar-refractivity contribution is 0.249. The zero-order chi connectivity index (χ0) is 12.3. The van der Waals surface area contributed by atoms with Crippen molar-refractivity contribution < 1.29 is 5.11 Å². The van der Waals surface area contributed by atoms with Crippen molar-refractivity contribution in [3.8, 4) is 0 Å². The first-order valence-electron chi connectivity index (χ1n) is 6.59. The summed E-state index contributed by atoms with van der Waals surface area (Å²) in [4.78, 5) is 2.52. The second-order valence-electron chi connectivity index (χ2n) is 5.27. The number of aryl methyl sites for hydroxylation is 2. The minimum atomic E-state index is 0.335. The SMILES string of the molecule is Cc1cccc(C)c1CN1CCC(CCO)C1. The topological polar surface area (TPSA) is 23.5 Å². The van der Waals surface area contributed by atoms with Crippen LogP contribution in [0.15, 0.2) is 18.2 Å². The average molecular weight is 233 g/mol. The Morgan fingerprint density at radius 3 is 2.65 bits per heavy atom. The van der Waals surface area contributed by atoms with Crippen LogP contribution < -0.4 is 0 Å². The first kappa shape index (κ1) is 12.6. The molecule has 17 heavy (non-hydrogen) atoms. The molecule has 0 aromatic heterocycles. The molecular weight excluding hydrogens is 210 g/mol. The molecule has 1 N–H and O–H groups in total. The molecule has 0 saturated carbocycles. The van der Waals surface area contributed by atoms with E-state index in [1.54, 1.807) is 0 Å². The van der Waals surface area contributed by atoms with Gasteiger partial charge in [0.2, 0.25) is 0 Å². The van der Waals surface area contributed by atoms with Crippen LogP contribution >= 0.6 is 0 Å². The molecule has 0 radical (unpaired) electrons. The Bertz CT molecular complexity index is 355. The molecular formula is C15H23NO. The van der Waals surface area contributed by atoms with Crippen molar-refractivity contribution in [2.75, 3.05) is 19.7 Å². The van der Waals surface area contributed by atoms with Crippen LogP contribution in [0.4, 0.5) is 0 Å². The molecule has 1 heterocycles. The van der Waals surface area contributed by atoms with Crippen molar-refractivity contribution in [1.29, 1.82) is 0 Å². The molecule has 94 valence electrons. The Morgan fingerprint density at radius 1 is 1.29 bits per heavy atom. The fourth-order valence-electron chi connectivity index (χ4n) is 2.80. The van der Waals surface area contributed by atoms with Gasteiger partial charge in [-0.15, -0.1) is 0 Å². The summed E-state index contributed by atoms with van der Waals surface area (Å²) >= 11 is 0. The molecule has 1 aliphatic heterocycles. The Hall–Kier alpha value is -0.860. The standard InChI is InChI=1S/C15H23NO/c1-12-4-3-5-13(2)15(12)11-16-8-6-14(10-16)7-9-17/h3-5,14,17H,6-11H2,1-2H3. The van der Waals surface area contributed by atoms with Crippen LogP contribution in [0.1, 0.15) is 29.5 Å². The Morgan fingerprint density at radius 2 is 2.00 bits per heavy atom. The Balaban J connectivity index is 1.98. The van der Waals surface area contributed by atoms with E-state index in [4.69, 9.17) is 5.11 Å². The summed E-state index contributed by atoms with van der Waals surface area (Å²) in [6.45, 7) is 8.13. The highest BCUT2D eigenvalue weighted by Crippen LogP contribution is 2.23. The van der Waals surface area contributed by atoms with Gasteiger partial charge in [-0.05, 0) is 55.8 Å². The van der Waals surface area contributed by atoms with E-state index in [0.29, 0.717) is 12.5 Å². The molecule has 2 heteroatoms. The molecule has 1 unspecified atom stereocenters. The first-order valence-corrected chi connectivity index (χ1v) is 6.59. The third-order valence-electron chi connectivity index (χ3n) is 3.93. The molecule has 0 spiro atoms. The molecule has 1 aliphatic rings. The highest BCUT2D eigenvalue weighted by Gasteiger charge is 2.22. The molecule has 1 aromatic carbocycles. The van der Waals surface area contributed by atoms with Gasteiger partial charge in [-0.1, -0.05) is 18.2 Å². The average Bonchev–Trinajstić information content (AvgIpc) is 2.72. The highest BCUT2D eigenvalue weighted by molar-refractivity contribution is 5.33. The van der Waals surface area contributed by atoms with E-state index >= 15 is 0 Å². The minimum absolute atomic E-state index is 0.335. The quantitative estimate of drug-likeness (QED) is 0.863. The lowest BCUT2D eigenvalue weighted by atomic mass is 10.0. The maximum Gasteiger partial charge on any atom is 0.0434 e. The third-order valence-corrected chi connectivity index (χ3v) is 3.93. The lowest BCUT2D eigenvalue weighted by Crippen LogP contribution is -2.21. The van der Waals surface area contributed by atoms with Crippen molar-refractivity contribution in [1.82, 2.24) is 4.90 Å². The van der Waals surface area contributed by atoms with Crippen LogP contribution in [-0.2, 0) is 6.54 Å². The smallest absolute Gasteiger partial charge is 0.0434 e. The van der Waals surface area contributed by atoms with Gasteiger partial charge in [0.05, 0.1) is 0 Å². The van der Waals surface area contributed by atoms with Crippen LogP contribution in [0.5, 0.6) is 0 Å². The van der Waals surface area contributed by atoms with E-state index in [1.807, 2.05) is 0 Å². The van der Waals surface area contributed by atoms with E-state index in [-0.39, 0.29) is 0 Å². The summed E-state index contributed by atoms with van der Waals surface area (Å²) in [6.07, 6.45) is 2.20. The number of hydrogen-bond donors (Lipinski definition) is 1. The number of nitrogens with zero attached hydrogens (tertiary/aromatic N) is 1. The van der Waals surface area contributed by atoms with E-state index in [1.165, 1.54) is 29.7 Å². The van der Waals surface area contributed by atoms with Crippen LogP contribution in [0.3, 0.4) is 0 Å². The number of hydrogen-bond acceptors (Lipinski definition) is 2. The van der Waals surface area contributed by atoms with Crippen LogP contribution in [0.2, 0.25) is 0 Å². The zero-order valence-corrected chi connectivity index (χ0v) is 10.9. The normalized spacial score (nSPS) is 21.0. The van der Waals surface area contributed by atoms with E-state index < -0.39 is 0 Å². The second kappa shape index (κ2) is 5.65. The molecule has 1 fully saturated rings. The van der Waals surface area contributed by atoms with Gasteiger partial charge in [0.25, 0.3) is 0 Å². The molecule has 2 nitrogen and oxygen atoms in total. The van der Waals surface area contributed by atoms with Gasteiger partial charge in [-0.3, -0.25) is 4.90 Å². The van der Waals surface area contributed by atoms with Crippen molar-refractivity contribution in [2.24, 2.45) is 5.92 Å². The number of likely N-dealkylation sites (tertiary alicyclic amines) is 1. The second-order valence-corrected chi connectivity index (χ2v) is 5.27. The molecule has 1 aromatic rings. The van der Waals surface area contributed by atoms with Gasteiger partial charge in [-0.2, -0.15) is 0 Å². The van der Waals surface area contributed by atoms with Gasteiger partial charge < -0.3 is 5.11 Å². The van der Waals surface area contributed by atoms with Gasteiger partial charge in [-0.25, -0.2) is 0 Å². The summed E-state index contributed by atoms with van der Waals surface area (Å²) in [6, 6.07) is 6.53. The predicted octanol–water partition coefficient (Wildman–Crippen LogP) is 2.51. The number of benzene rings is 1. The number of aliphatic hydroxyl groups is 1. The fraction of sp³-hybridized carbons (Fsp3) is 0.600. The fourth-order valence-corrected chi connectivity index (χ4v) is 2.80. The van der Waals surface area contributed by atoms with Gasteiger partial charge >= 0.3 is 0 Å². The third kappa shape index (κ3) is 3.08. The van der Waals surface area contributed by atoms with Crippen molar-refractivity contribution in [2.45, 2.75) is 33.2 Å². The Kier molecular flexibility index (Phi) is 4.19. The van der Waals surface area contributed by atoms with Gasteiger partial charge in [0, 0.05) is 19.7 Å². The van der Waals surface area contributed by atoms with E-state index in [2.05, 4.69) is 36.9 Å². The molecule has 0 aliphatic carbocycles. The van der Waals surface area contributed by atoms with Crippen LogP contribution in [0, 0.1) is 19.8 Å². The largest absolute Gasteiger partial charge is 0.396 e. The van der Waals surface area contributed by atoms with Crippen molar-refractivity contribution in [3.05, 3.63) is 34.9 Å². The minimum Gasteiger partial charge on any atom is -0.396 e. The monoisotopic (exact) mass is 233 g/mol. The van der Waals surface area contributed by atoms with Gasteiger partial charge in [0.15, 0.2) is 0 Å². The van der Waals surface area contributed by atoms with Crippen molar-refractivity contribution >= 4 is 0 Å². The summed E-state index contributed by atoms with van der Waals surface area (Å²) in [5.41, 5.74) is 4.28. The summed E-state index contributed by atoms with van der Waals surface area (Å²) in [5, 5.41) is 8.97. The van der Waals surface area contributed by atoms with E-state index in [9.17, 15) is 0 Å². The molecule has 0 bridgehead atoms. The highest BCUT2D eigenvalue weighted by atomic mass is 16.3. The molecule has 2 rings (SSSR count). The van der Waals surface area contributed by atoms with E-state index in [0.717, 1.165) is 19.5 Å². The summed E-state index contributed by atoms with van der Waals surface area (Å²) in [7, 11) is 0. The first-order chi connectivity index (χ1) is 8.20. The molecule has 1 atom stereocenters. The van der Waals surface area contributed by atoms with Crippen molar-refractivity contribution in [3.63, 3.8) is 0 Å². The van der Waals surface area contributed by atoms with Crippen LogP contribution in [-0.4, -0.2) is 29.7 Å². The summed E-state index contributed by atoms with van der Waals surface area (Å²) < 4.78 is 0. The lowest BCUT2D eigenvalue weighted by Gasteiger charge is -2.19. The van der Waals surface area contributed by atoms with Crippen LogP contribution in [0.25, 0.3) is 0 Å². The number of aliphatic hydroxyl groups excluding tert-OH is 1. The maximum atomic E-state index is 8.97. The van der Waals surface area contributed by atoms with Gasteiger partial charge in [0.1, 0.15) is 0 Å². The number of rotatable bonds is 4. The Labute approximate surface area is 104 Å². The maximum absolute atomic E-state index is 8.97. The zero-order valence-electron chi connectivity index (χ0n) is 10.9. The molecule has 0 amide bonds. The molecule has 1 saturated heterocycles.